The van der Waals surface area contributed by atoms with Gasteiger partial charge >= 0.3 is 12.1 Å². The van der Waals surface area contributed by atoms with Crippen molar-refractivity contribution in [2.45, 2.75) is 32.5 Å². The van der Waals surface area contributed by atoms with Gasteiger partial charge in [-0.15, -0.1) is 0 Å². The molecule has 0 spiro atoms. The van der Waals surface area contributed by atoms with E-state index in [1.54, 1.807) is 20.8 Å². The highest BCUT2D eigenvalue weighted by atomic mass is 19.4. The molecular weight excluding hydrogens is 331 g/mol. The minimum atomic E-state index is -4.44. The van der Waals surface area contributed by atoms with Crippen molar-refractivity contribution in [3.63, 3.8) is 0 Å². The summed E-state index contributed by atoms with van der Waals surface area (Å²) in [5.41, 5.74) is -0.280. The van der Waals surface area contributed by atoms with E-state index < -0.39 is 23.3 Å². The molecule has 0 atom stereocenters. The number of hydrogen-bond acceptors (Lipinski definition) is 3. The minimum absolute atomic E-state index is 0.189. The van der Waals surface area contributed by atoms with Crippen LogP contribution in [-0.2, 0) is 10.9 Å². The molecule has 130 valence electrons. The fourth-order valence-corrected chi connectivity index (χ4v) is 2.20. The summed E-state index contributed by atoms with van der Waals surface area (Å²) in [7, 11) is 0. The van der Waals surface area contributed by atoms with Crippen LogP contribution < -0.4 is 0 Å². The maximum atomic E-state index is 12.7. The quantitative estimate of drug-likeness (QED) is 0.702. The summed E-state index contributed by atoms with van der Waals surface area (Å²) in [5.74, 6) is -0.605. The maximum absolute atomic E-state index is 12.7. The number of rotatable bonds is 2. The Morgan fingerprint density at radius 1 is 1.04 bits per heavy atom. The van der Waals surface area contributed by atoms with Crippen molar-refractivity contribution >= 4 is 5.97 Å². The van der Waals surface area contributed by atoms with Gasteiger partial charge in [0.25, 0.3) is 0 Å². The van der Waals surface area contributed by atoms with E-state index in [1.807, 2.05) is 6.07 Å². The van der Waals surface area contributed by atoms with Crippen LogP contribution in [0.1, 0.15) is 42.3 Å². The Bertz CT molecular complexity index is 826. The molecule has 2 aromatic rings. The molecule has 0 aliphatic rings. The fourth-order valence-electron chi connectivity index (χ4n) is 2.20. The molecule has 2 aromatic carbocycles. The standard InChI is InChI=1S/C19H16F3NO2/c1-18(2,3)25-17(24)15-9-4-12(11-23)10-16(15)13-5-7-14(8-6-13)19(20,21)22/h4-10H,1-3H3. The Kier molecular flexibility index (Phi) is 4.89. The van der Waals surface area contributed by atoms with Crippen LogP contribution in [0.4, 0.5) is 13.2 Å². The third-order valence-corrected chi connectivity index (χ3v) is 3.29. The van der Waals surface area contributed by atoms with Gasteiger partial charge in [0.15, 0.2) is 0 Å². The fraction of sp³-hybridized carbons (Fsp3) is 0.263. The van der Waals surface area contributed by atoms with Crippen LogP contribution in [0.5, 0.6) is 0 Å². The molecular formula is C19H16F3NO2. The van der Waals surface area contributed by atoms with Crippen molar-refractivity contribution in [1.29, 1.82) is 5.26 Å². The lowest BCUT2D eigenvalue weighted by atomic mass is 9.96. The van der Waals surface area contributed by atoms with Gasteiger partial charge in [0.05, 0.1) is 22.8 Å². The van der Waals surface area contributed by atoms with Gasteiger partial charge in [-0.3, -0.25) is 0 Å². The highest BCUT2D eigenvalue weighted by Crippen LogP contribution is 2.32. The Balaban J connectivity index is 2.52. The van der Waals surface area contributed by atoms with E-state index in [9.17, 15) is 18.0 Å². The molecule has 0 heterocycles. The van der Waals surface area contributed by atoms with Crippen LogP contribution in [0.2, 0.25) is 0 Å². The smallest absolute Gasteiger partial charge is 0.416 e. The molecule has 0 saturated heterocycles. The molecule has 3 nitrogen and oxygen atoms in total. The first-order valence-corrected chi connectivity index (χ1v) is 7.46. The zero-order valence-electron chi connectivity index (χ0n) is 13.9. The van der Waals surface area contributed by atoms with E-state index >= 15 is 0 Å². The summed E-state index contributed by atoms with van der Waals surface area (Å²) in [6, 6.07) is 10.7. The number of nitrogens with zero attached hydrogens (tertiary/aromatic N) is 1. The molecule has 0 fully saturated rings. The van der Waals surface area contributed by atoms with Crippen LogP contribution >= 0.6 is 0 Å². The van der Waals surface area contributed by atoms with Gasteiger partial charge in [0, 0.05) is 0 Å². The average molecular weight is 347 g/mol. The lowest BCUT2D eigenvalue weighted by Crippen LogP contribution is -2.24. The number of alkyl halides is 3. The number of carbonyl (C=O) groups excluding carboxylic acids is 1. The summed E-state index contributed by atoms with van der Waals surface area (Å²) >= 11 is 0. The van der Waals surface area contributed by atoms with Crippen molar-refractivity contribution in [2.24, 2.45) is 0 Å². The van der Waals surface area contributed by atoms with Gasteiger partial charge in [0.1, 0.15) is 5.60 Å². The van der Waals surface area contributed by atoms with Crippen LogP contribution in [0.3, 0.4) is 0 Å². The predicted octanol–water partition coefficient (Wildman–Crippen LogP) is 5.20. The third-order valence-electron chi connectivity index (χ3n) is 3.29. The number of benzene rings is 2. The molecule has 0 saturated carbocycles. The predicted molar refractivity (Wildman–Crippen MR) is 86.8 cm³/mol. The number of halogens is 3. The van der Waals surface area contributed by atoms with Crippen LogP contribution in [-0.4, -0.2) is 11.6 Å². The molecule has 0 amide bonds. The van der Waals surface area contributed by atoms with Gasteiger partial charge in [-0.2, -0.15) is 18.4 Å². The van der Waals surface area contributed by atoms with Gasteiger partial charge in [-0.1, -0.05) is 12.1 Å². The second-order valence-electron chi connectivity index (χ2n) is 6.45. The van der Waals surface area contributed by atoms with Crippen molar-refractivity contribution < 1.29 is 22.7 Å². The summed E-state index contributed by atoms with van der Waals surface area (Å²) in [6.07, 6.45) is -4.44. The molecule has 25 heavy (non-hydrogen) atoms. The van der Waals surface area contributed by atoms with E-state index in [-0.39, 0.29) is 5.56 Å². The molecule has 2 rings (SSSR count). The zero-order valence-corrected chi connectivity index (χ0v) is 13.9. The Labute approximate surface area is 143 Å². The molecule has 0 radical (unpaired) electrons. The Morgan fingerprint density at radius 2 is 1.64 bits per heavy atom. The summed E-state index contributed by atoms with van der Waals surface area (Å²) < 4.78 is 43.5. The number of esters is 1. The van der Waals surface area contributed by atoms with E-state index in [0.717, 1.165) is 12.1 Å². The van der Waals surface area contributed by atoms with Crippen LogP contribution in [0, 0.1) is 11.3 Å². The second kappa shape index (κ2) is 6.60. The topological polar surface area (TPSA) is 50.1 Å². The van der Waals surface area contributed by atoms with Crippen molar-refractivity contribution in [1.82, 2.24) is 0 Å². The number of ether oxygens (including phenoxy) is 1. The highest BCUT2D eigenvalue weighted by molar-refractivity contribution is 5.97. The minimum Gasteiger partial charge on any atom is -0.456 e. The lowest BCUT2D eigenvalue weighted by molar-refractivity contribution is -0.137. The SMILES string of the molecule is CC(C)(C)OC(=O)c1ccc(C#N)cc1-c1ccc(C(F)(F)F)cc1. The van der Waals surface area contributed by atoms with E-state index in [1.165, 1.54) is 30.3 Å². The number of carbonyl (C=O) groups is 1. The molecule has 0 aliphatic carbocycles. The van der Waals surface area contributed by atoms with Crippen molar-refractivity contribution in [2.75, 3.05) is 0 Å². The zero-order chi connectivity index (χ0) is 18.8. The van der Waals surface area contributed by atoms with Gasteiger partial charge in [-0.25, -0.2) is 4.79 Å². The van der Waals surface area contributed by atoms with Crippen LogP contribution in [0.15, 0.2) is 42.5 Å². The first-order valence-electron chi connectivity index (χ1n) is 7.46. The van der Waals surface area contributed by atoms with E-state index in [4.69, 9.17) is 10.00 Å². The molecule has 0 unspecified atom stereocenters. The number of hydrogen-bond donors (Lipinski definition) is 0. The molecule has 0 aliphatic heterocycles. The Morgan fingerprint density at radius 3 is 2.12 bits per heavy atom. The van der Waals surface area contributed by atoms with Crippen molar-refractivity contribution in [3.05, 3.63) is 59.2 Å². The monoisotopic (exact) mass is 347 g/mol. The normalized spacial score (nSPS) is 11.7. The average Bonchev–Trinajstić information content (AvgIpc) is 2.52. The molecule has 6 heteroatoms. The molecule has 0 bridgehead atoms. The molecule has 0 aromatic heterocycles. The lowest BCUT2D eigenvalue weighted by Gasteiger charge is -2.20. The van der Waals surface area contributed by atoms with Gasteiger partial charge in [-0.05, 0) is 62.2 Å². The van der Waals surface area contributed by atoms with E-state index in [0.29, 0.717) is 16.7 Å². The first-order chi connectivity index (χ1) is 11.5. The van der Waals surface area contributed by atoms with Gasteiger partial charge in [0.2, 0.25) is 0 Å². The first kappa shape index (κ1) is 18.5. The molecule has 0 N–H and O–H groups in total. The highest BCUT2D eigenvalue weighted by Gasteiger charge is 2.30. The summed E-state index contributed by atoms with van der Waals surface area (Å²) in [5, 5.41) is 9.06. The largest absolute Gasteiger partial charge is 0.456 e. The van der Waals surface area contributed by atoms with E-state index in [2.05, 4.69) is 0 Å². The van der Waals surface area contributed by atoms with Gasteiger partial charge < -0.3 is 4.74 Å². The van der Waals surface area contributed by atoms with Crippen molar-refractivity contribution in [3.8, 4) is 17.2 Å². The maximum Gasteiger partial charge on any atom is 0.416 e. The summed E-state index contributed by atoms with van der Waals surface area (Å²) in [4.78, 5) is 12.4. The Hall–Kier alpha value is -2.81. The third kappa shape index (κ3) is 4.60. The summed E-state index contributed by atoms with van der Waals surface area (Å²) in [6.45, 7) is 5.14. The van der Waals surface area contributed by atoms with Crippen LogP contribution in [0.25, 0.3) is 11.1 Å². The second-order valence-corrected chi connectivity index (χ2v) is 6.45. The number of nitriles is 1.